The molecule has 1 fully saturated rings. The van der Waals surface area contributed by atoms with Crippen molar-refractivity contribution in [1.82, 2.24) is 20.4 Å². The summed E-state index contributed by atoms with van der Waals surface area (Å²) in [5, 5.41) is 13.0. The van der Waals surface area contributed by atoms with Crippen LogP contribution in [0.3, 0.4) is 0 Å². The van der Waals surface area contributed by atoms with E-state index in [0.29, 0.717) is 12.6 Å². The molecule has 1 aromatic rings. The normalized spacial score (nSPS) is 15.4. The topological polar surface area (TPSA) is 71.0 Å². The molecule has 2 heterocycles. The molecule has 0 atom stereocenters. The zero-order valence-electron chi connectivity index (χ0n) is 10.1. The zero-order valence-corrected chi connectivity index (χ0v) is 10.1. The highest BCUT2D eigenvalue weighted by Gasteiger charge is 2.22. The van der Waals surface area contributed by atoms with E-state index < -0.39 is 0 Å². The van der Waals surface area contributed by atoms with Gasteiger partial charge in [0.15, 0.2) is 0 Å². The van der Waals surface area contributed by atoms with Gasteiger partial charge in [0.2, 0.25) is 0 Å². The summed E-state index contributed by atoms with van der Waals surface area (Å²) in [5.41, 5.74) is 0. The van der Waals surface area contributed by atoms with Crippen molar-refractivity contribution in [3.05, 3.63) is 12.3 Å². The molecule has 2 rings (SSSR count). The second-order valence-corrected chi connectivity index (χ2v) is 4.21. The smallest absolute Gasteiger partial charge is 0.320 e. The first kappa shape index (κ1) is 11.9. The van der Waals surface area contributed by atoms with E-state index in [4.69, 9.17) is 0 Å². The fraction of sp³-hybridized carbons (Fsp3) is 0.636. The number of hydrogen-bond acceptors (Lipinski definition) is 3. The molecular weight excluding hydrogens is 218 g/mol. The monoisotopic (exact) mass is 237 g/mol. The number of nitrogens with zero attached hydrogens (tertiary/aromatic N) is 2. The van der Waals surface area contributed by atoms with Crippen LogP contribution in [-0.2, 0) is 0 Å². The summed E-state index contributed by atoms with van der Waals surface area (Å²) in [6.07, 6.45) is 3.78. The Balaban J connectivity index is 1.85. The standard InChI is InChI=1S/C11H19N5O/c1-2-3-5-13-11(17)15-10-4-6-14-16(10)9-7-12-8-9/h4,6,9,12H,2-3,5,7-8H2,1H3,(H2,13,15,17). The maximum atomic E-state index is 11.6. The van der Waals surface area contributed by atoms with Crippen LogP contribution >= 0.6 is 0 Å². The molecule has 3 N–H and O–H groups in total. The van der Waals surface area contributed by atoms with Crippen LogP contribution in [0.2, 0.25) is 0 Å². The van der Waals surface area contributed by atoms with E-state index in [1.807, 2.05) is 10.7 Å². The van der Waals surface area contributed by atoms with Crippen molar-refractivity contribution in [2.24, 2.45) is 0 Å². The molecule has 0 radical (unpaired) electrons. The van der Waals surface area contributed by atoms with Gasteiger partial charge in [-0.1, -0.05) is 13.3 Å². The van der Waals surface area contributed by atoms with E-state index in [2.05, 4.69) is 28.0 Å². The highest BCUT2D eigenvalue weighted by Crippen LogP contribution is 2.17. The minimum atomic E-state index is -0.160. The third kappa shape index (κ3) is 2.97. The first-order chi connectivity index (χ1) is 8.31. The van der Waals surface area contributed by atoms with E-state index >= 15 is 0 Å². The van der Waals surface area contributed by atoms with Gasteiger partial charge >= 0.3 is 6.03 Å². The van der Waals surface area contributed by atoms with Crippen molar-refractivity contribution in [2.75, 3.05) is 25.0 Å². The van der Waals surface area contributed by atoms with Gasteiger partial charge in [0, 0.05) is 25.7 Å². The van der Waals surface area contributed by atoms with Gasteiger partial charge in [-0.2, -0.15) is 5.10 Å². The lowest BCUT2D eigenvalue weighted by Gasteiger charge is -2.28. The summed E-state index contributed by atoms with van der Waals surface area (Å²) in [5.74, 6) is 0.755. The van der Waals surface area contributed by atoms with Gasteiger partial charge in [-0.25, -0.2) is 9.48 Å². The van der Waals surface area contributed by atoms with Gasteiger partial charge in [0.05, 0.1) is 12.2 Å². The Kier molecular flexibility index (Phi) is 3.98. The Labute approximate surface area is 101 Å². The Hall–Kier alpha value is -1.56. The van der Waals surface area contributed by atoms with Crippen molar-refractivity contribution in [3.8, 4) is 0 Å². The minimum Gasteiger partial charge on any atom is -0.338 e. The van der Waals surface area contributed by atoms with Gasteiger partial charge in [0.25, 0.3) is 0 Å². The third-order valence-corrected chi connectivity index (χ3v) is 2.83. The van der Waals surface area contributed by atoms with Crippen LogP contribution in [0, 0.1) is 0 Å². The number of aromatic nitrogens is 2. The summed E-state index contributed by atoms with van der Waals surface area (Å²) < 4.78 is 1.86. The summed E-state index contributed by atoms with van der Waals surface area (Å²) in [6.45, 7) is 4.63. The number of carbonyl (C=O) groups is 1. The summed E-state index contributed by atoms with van der Waals surface area (Å²) in [7, 11) is 0. The number of carbonyl (C=O) groups excluding carboxylic acids is 1. The molecule has 1 saturated heterocycles. The quantitative estimate of drug-likeness (QED) is 0.668. The number of amides is 2. The van der Waals surface area contributed by atoms with E-state index in [-0.39, 0.29) is 6.03 Å². The highest BCUT2D eigenvalue weighted by molar-refractivity contribution is 5.88. The fourth-order valence-electron chi connectivity index (χ4n) is 1.69. The van der Waals surface area contributed by atoms with E-state index in [1.54, 1.807) is 6.20 Å². The first-order valence-electron chi connectivity index (χ1n) is 6.10. The van der Waals surface area contributed by atoms with Crippen LogP contribution in [0.5, 0.6) is 0 Å². The molecule has 0 spiro atoms. The number of anilines is 1. The molecule has 1 aliphatic heterocycles. The second kappa shape index (κ2) is 5.67. The Morgan fingerprint density at radius 2 is 2.47 bits per heavy atom. The Morgan fingerprint density at radius 1 is 1.65 bits per heavy atom. The lowest BCUT2D eigenvalue weighted by atomic mass is 10.2. The summed E-state index contributed by atoms with van der Waals surface area (Å²) >= 11 is 0. The third-order valence-electron chi connectivity index (χ3n) is 2.83. The van der Waals surface area contributed by atoms with Gasteiger partial charge in [-0.3, -0.25) is 5.32 Å². The molecule has 0 aromatic carbocycles. The Bertz CT molecular complexity index is 372. The molecule has 1 aliphatic rings. The Morgan fingerprint density at radius 3 is 3.12 bits per heavy atom. The van der Waals surface area contributed by atoms with E-state index in [0.717, 1.165) is 31.7 Å². The molecule has 0 bridgehead atoms. The van der Waals surface area contributed by atoms with Crippen LogP contribution in [-0.4, -0.2) is 35.4 Å². The van der Waals surface area contributed by atoms with Gasteiger partial charge in [-0.05, 0) is 6.42 Å². The SMILES string of the molecule is CCCCNC(=O)Nc1ccnn1C1CNC1. The van der Waals surface area contributed by atoms with Gasteiger partial charge < -0.3 is 10.6 Å². The minimum absolute atomic E-state index is 0.160. The molecule has 0 unspecified atom stereocenters. The van der Waals surface area contributed by atoms with Crippen molar-refractivity contribution in [3.63, 3.8) is 0 Å². The number of rotatable bonds is 5. The highest BCUT2D eigenvalue weighted by atomic mass is 16.2. The molecule has 6 nitrogen and oxygen atoms in total. The number of urea groups is 1. The van der Waals surface area contributed by atoms with Crippen LogP contribution in [0.25, 0.3) is 0 Å². The fourth-order valence-corrected chi connectivity index (χ4v) is 1.69. The predicted molar refractivity (Wildman–Crippen MR) is 66.1 cm³/mol. The first-order valence-corrected chi connectivity index (χ1v) is 6.10. The molecule has 1 aromatic heterocycles. The van der Waals surface area contributed by atoms with Gasteiger partial charge in [0.1, 0.15) is 5.82 Å². The second-order valence-electron chi connectivity index (χ2n) is 4.21. The average molecular weight is 237 g/mol. The van der Waals surface area contributed by atoms with Crippen molar-refractivity contribution >= 4 is 11.8 Å². The van der Waals surface area contributed by atoms with E-state index in [1.165, 1.54) is 0 Å². The van der Waals surface area contributed by atoms with Crippen LogP contribution < -0.4 is 16.0 Å². The van der Waals surface area contributed by atoms with Crippen LogP contribution in [0.4, 0.5) is 10.6 Å². The lowest BCUT2D eigenvalue weighted by molar-refractivity contribution is 0.251. The predicted octanol–water partition coefficient (Wildman–Crippen LogP) is 0.949. The van der Waals surface area contributed by atoms with Crippen molar-refractivity contribution in [1.29, 1.82) is 0 Å². The van der Waals surface area contributed by atoms with Crippen molar-refractivity contribution in [2.45, 2.75) is 25.8 Å². The maximum Gasteiger partial charge on any atom is 0.320 e. The van der Waals surface area contributed by atoms with Crippen LogP contribution in [0.1, 0.15) is 25.8 Å². The lowest BCUT2D eigenvalue weighted by Crippen LogP contribution is -2.44. The zero-order chi connectivity index (χ0) is 12.1. The summed E-state index contributed by atoms with van der Waals surface area (Å²) in [4.78, 5) is 11.6. The molecule has 0 saturated carbocycles. The van der Waals surface area contributed by atoms with Gasteiger partial charge in [-0.15, -0.1) is 0 Å². The molecule has 17 heavy (non-hydrogen) atoms. The molecule has 0 aliphatic carbocycles. The number of nitrogens with one attached hydrogen (secondary N) is 3. The summed E-state index contributed by atoms with van der Waals surface area (Å²) in [6, 6.07) is 2.01. The number of hydrogen-bond donors (Lipinski definition) is 3. The largest absolute Gasteiger partial charge is 0.338 e. The van der Waals surface area contributed by atoms with Crippen molar-refractivity contribution < 1.29 is 4.79 Å². The van der Waals surface area contributed by atoms with Crippen LogP contribution in [0.15, 0.2) is 12.3 Å². The van der Waals surface area contributed by atoms with E-state index in [9.17, 15) is 4.79 Å². The maximum absolute atomic E-state index is 11.6. The number of unbranched alkanes of at least 4 members (excludes halogenated alkanes) is 1. The average Bonchev–Trinajstić information content (AvgIpc) is 2.64. The molecular formula is C11H19N5O. The molecule has 6 heteroatoms. The molecule has 2 amide bonds. The molecule has 94 valence electrons.